The zero-order valence-corrected chi connectivity index (χ0v) is 16.2. The van der Waals surface area contributed by atoms with Gasteiger partial charge in [0, 0.05) is 23.9 Å². The number of para-hydroxylation sites is 1. The Bertz CT molecular complexity index is 973. The molecule has 6 nitrogen and oxygen atoms in total. The maximum absolute atomic E-state index is 12.6. The van der Waals surface area contributed by atoms with Gasteiger partial charge in [0.05, 0.1) is 19.9 Å². The lowest BCUT2D eigenvalue weighted by Crippen LogP contribution is -2.23. The van der Waals surface area contributed by atoms with E-state index in [0.717, 1.165) is 22.6 Å². The number of nitrogens with zero attached hydrogens (tertiary/aromatic N) is 1. The third kappa shape index (κ3) is 4.59. The highest BCUT2D eigenvalue weighted by atomic mass is 16.5. The number of aromatic nitrogens is 1. The summed E-state index contributed by atoms with van der Waals surface area (Å²) >= 11 is 0. The Morgan fingerprint density at radius 3 is 2.57 bits per heavy atom. The molecule has 0 saturated carbocycles. The number of benzene rings is 2. The number of pyridine rings is 1. The fourth-order valence-electron chi connectivity index (χ4n) is 2.82. The van der Waals surface area contributed by atoms with E-state index in [1.54, 1.807) is 32.5 Å². The van der Waals surface area contributed by atoms with Crippen LogP contribution in [0.5, 0.6) is 11.5 Å². The highest BCUT2D eigenvalue weighted by molar-refractivity contribution is 5.95. The summed E-state index contributed by atoms with van der Waals surface area (Å²) in [5.41, 5.74) is 3.31. The highest BCUT2D eigenvalue weighted by Crippen LogP contribution is 2.28. The molecule has 1 amide bonds. The minimum Gasteiger partial charge on any atom is -0.496 e. The van der Waals surface area contributed by atoms with Gasteiger partial charge in [-0.2, -0.15) is 0 Å². The molecule has 144 valence electrons. The summed E-state index contributed by atoms with van der Waals surface area (Å²) in [4.78, 5) is 16.9. The Kier molecular flexibility index (Phi) is 6.11. The van der Waals surface area contributed by atoms with Gasteiger partial charge in [-0.05, 0) is 42.8 Å². The van der Waals surface area contributed by atoms with Crippen molar-refractivity contribution in [3.8, 4) is 11.5 Å². The molecule has 0 fully saturated rings. The van der Waals surface area contributed by atoms with Gasteiger partial charge in [0.25, 0.3) is 5.91 Å². The monoisotopic (exact) mass is 377 g/mol. The van der Waals surface area contributed by atoms with Gasteiger partial charge in [-0.15, -0.1) is 0 Å². The number of ether oxygens (including phenoxy) is 2. The van der Waals surface area contributed by atoms with Crippen molar-refractivity contribution < 1.29 is 14.3 Å². The van der Waals surface area contributed by atoms with Gasteiger partial charge < -0.3 is 20.1 Å². The van der Waals surface area contributed by atoms with Crippen LogP contribution >= 0.6 is 0 Å². The van der Waals surface area contributed by atoms with Crippen LogP contribution in [0.15, 0.2) is 60.8 Å². The minimum atomic E-state index is -0.187. The van der Waals surface area contributed by atoms with Crippen LogP contribution in [0.4, 0.5) is 11.5 Å². The van der Waals surface area contributed by atoms with Crippen molar-refractivity contribution in [3.05, 3.63) is 77.5 Å². The topological polar surface area (TPSA) is 72.5 Å². The van der Waals surface area contributed by atoms with Crippen LogP contribution in [0, 0.1) is 6.92 Å². The molecule has 0 aliphatic heterocycles. The third-order valence-electron chi connectivity index (χ3n) is 4.27. The largest absolute Gasteiger partial charge is 0.496 e. The molecule has 28 heavy (non-hydrogen) atoms. The van der Waals surface area contributed by atoms with E-state index >= 15 is 0 Å². The Morgan fingerprint density at radius 2 is 1.79 bits per heavy atom. The zero-order chi connectivity index (χ0) is 19.9. The first-order valence-electron chi connectivity index (χ1n) is 8.88. The van der Waals surface area contributed by atoms with Crippen molar-refractivity contribution >= 4 is 17.4 Å². The quantitative estimate of drug-likeness (QED) is 0.649. The van der Waals surface area contributed by atoms with Crippen molar-refractivity contribution in [3.63, 3.8) is 0 Å². The molecular weight excluding hydrogens is 354 g/mol. The SMILES string of the molecule is COc1ccccc1CNC(=O)c1ccnc(Nc2cc(C)ccc2OC)c1. The molecular formula is C22H23N3O3. The van der Waals surface area contributed by atoms with Crippen LogP contribution in [-0.4, -0.2) is 25.1 Å². The first-order valence-corrected chi connectivity index (χ1v) is 8.88. The smallest absolute Gasteiger partial charge is 0.251 e. The van der Waals surface area contributed by atoms with E-state index in [0.29, 0.717) is 23.7 Å². The number of nitrogens with one attached hydrogen (secondary N) is 2. The summed E-state index contributed by atoms with van der Waals surface area (Å²) in [5, 5.41) is 6.13. The van der Waals surface area contributed by atoms with Crippen LogP contribution in [0.3, 0.4) is 0 Å². The van der Waals surface area contributed by atoms with Crippen molar-refractivity contribution in [1.29, 1.82) is 0 Å². The second-order valence-corrected chi connectivity index (χ2v) is 6.25. The van der Waals surface area contributed by atoms with Crippen LogP contribution < -0.4 is 20.1 Å². The molecule has 6 heteroatoms. The van der Waals surface area contributed by atoms with E-state index in [-0.39, 0.29) is 5.91 Å². The fourth-order valence-corrected chi connectivity index (χ4v) is 2.82. The van der Waals surface area contributed by atoms with Crippen molar-refractivity contribution in [2.24, 2.45) is 0 Å². The maximum atomic E-state index is 12.6. The Morgan fingerprint density at radius 1 is 1.00 bits per heavy atom. The normalized spacial score (nSPS) is 10.2. The lowest BCUT2D eigenvalue weighted by atomic mass is 10.2. The molecule has 1 aromatic heterocycles. The molecule has 2 N–H and O–H groups in total. The summed E-state index contributed by atoms with van der Waals surface area (Å²) in [5.74, 6) is 1.83. The predicted molar refractivity (Wildman–Crippen MR) is 109 cm³/mol. The highest BCUT2D eigenvalue weighted by Gasteiger charge is 2.10. The summed E-state index contributed by atoms with van der Waals surface area (Å²) in [6.45, 7) is 2.37. The van der Waals surface area contributed by atoms with Gasteiger partial charge in [0.2, 0.25) is 0 Å². The average molecular weight is 377 g/mol. The van der Waals surface area contributed by atoms with Crippen molar-refractivity contribution in [2.45, 2.75) is 13.5 Å². The van der Waals surface area contributed by atoms with Gasteiger partial charge in [-0.3, -0.25) is 4.79 Å². The number of hydrogen-bond acceptors (Lipinski definition) is 5. The molecule has 3 aromatic rings. The predicted octanol–water partition coefficient (Wildman–Crippen LogP) is 4.08. The molecule has 2 aromatic carbocycles. The molecule has 0 bridgehead atoms. The van der Waals surface area contributed by atoms with Crippen molar-refractivity contribution in [2.75, 3.05) is 19.5 Å². The second-order valence-electron chi connectivity index (χ2n) is 6.25. The van der Waals surface area contributed by atoms with Crippen LogP contribution in [0.25, 0.3) is 0 Å². The molecule has 0 radical (unpaired) electrons. The fraction of sp³-hybridized carbons (Fsp3) is 0.182. The van der Waals surface area contributed by atoms with Gasteiger partial charge in [0.1, 0.15) is 17.3 Å². The molecule has 0 saturated heterocycles. The maximum Gasteiger partial charge on any atom is 0.251 e. The van der Waals surface area contributed by atoms with E-state index in [2.05, 4.69) is 15.6 Å². The van der Waals surface area contributed by atoms with Crippen LogP contribution in [0.1, 0.15) is 21.5 Å². The first-order chi connectivity index (χ1) is 13.6. The summed E-state index contributed by atoms with van der Waals surface area (Å²) < 4.78 is 10.7. The number of hydrogen-bond donors (Lipinski definition) is 2. The molecule has 0 aliphatic rings. The second kappa shape index (κ2) is 8.90. The molecule has 0 aliphatic carbocycles. The summed E-state index contributed by atoms with van der Waals surface area (Å²) in [6, 6.07) is 16.8. The average Bonchev–Trinajstić information content (AvgIpc) is 2.72. The first kappa shape index (κ1) is 19.2. The van der Waals surface area contributed by atoms with Crippen molar-refractivity contribution in [1.82, 2.24) is 10.3 Å². The summed E-state index contributed by atoms with van der Waals surface area (Å²) in [7, 11) is 3.23. The number of carbonyl (C=O) groups excluding carboxylic acids is 1. The molecule has 0 spiro atoms. The molecule has 0 atom stereocenters. The number of methoxy groups -OCH3 is 2. The van der Waals surface area contributed by atoms with E-state index in [9.17, 15) is 4.79 Å². The third-order valence-corrected chi connectivity index (χ3v) is 4.27. The van der Waals surface area contributed by atoms with Gasteiger partial charge in [0.15, 0.2) is 0 Å². The number of rotatable bonds is 7. The lowest BCUT2D eigenvalue weighted by Gasteiger charge is -2.12. The molecule has 0 unspecified atom stereocenters. The number of anilines is 2. The zero-order valence-electron chi connectivity index (χ0n) is 16.2. The number of amides is 1. The van der Waals surface area contributed by atoms with E-state index in [4.69, 9.17) is 9.47 Å². The summed E-state index contributed by atoms with van der Waals surface area (Å²) in [6.07, 6.45) is 1.60. The Balaban J connectivity index is 1.72. The van der Waals surface area contributed by atoms with Gasteiger partial charge in [-0.1, -0.05) is 24.3 Å². The molecule has 1 heterocycles. The number of aryl methyl sites for hydroxylation is 1. The van der Waals surface area contributed by atoms with Gasteiger partial charge in [-0.25, -0.2) is 4.98 Å². The standard InChI is InChI=1S/C22H23N3O3/c1-15-8-9-20(28-3)18(12-15)25-21-13-16(10-11-23-21)22(26)24-14-17-6-4-5-7-19(17)27-2/h4-13H,14H2,1-3H3,(H,23,25)(H,24,26). The van der Waals surface area contributed by atoms with Crippen LogP contribution in [-0.2, 0) is 6.54 Å². The molecule has 3 rings (SSSR count). The lowest BCUT2D eigenvalue weighted by molar-refractivity contribution is 0.0950. The Hall–Kier alpha value is -3.54. The van der Waals surface area contributed by atoms with Crippen LogP contribution in [0.2, 0.25) is 0 Å². The minimum absolute atomic E-state index is 0.187. The number of carbonyl (C=O) groups is 1. The van der Waals surface area contributed by atoms with E-state index in [1.807, 2.05) is 49.4 Å². The van der Waals surface area contributed by atoms with E-state index < -0.39 is 0 Å². The Labute approximate surface area is 164 Å². The van der Waals surface area contributed by atoms with E-state index in [1.165, 1.54) is 0 Å². The van der Waals surface area contributed by atoms with Gasteiger partial charge >= 0.3 is 0 Å².